The van der Waals surface area contributed by atoms with Gasteiger partial charge in [-0.1, -0.05) is 39.5 Å². The van der Waals surface area contributed by atoms with Crippen LogP contribution in [0.3, 0.4) is 0 Å². The van der Waals surface area contributed by atoms with Crippen molar-refractivity contribution in [1.29, 1.82) is 0 Å². The van der Waals surface area contributed by atoms with Gasteiger partial charge in [-0.05, 0) is 30.6 Å². The Morgan fingerprint density at radius 2 is 1.92 bits per heavy atom. The van der Waals surface area contributed by atoms with Crippen LogP contribution in [0.1, 0.15) is 52.4 Å². The van der Waals surface area contributed by atoms with Gasteiger partial charge in [0, 0.05) is 6.61 Å². The summed E-state index contributed by atoms with van der Waals surface area (Å²) in [6.45, 7) is 5.01. The normalized spacial score (nSPS) is 29.5. The molecule has 1 heteroatoms. The summed E-state index contributed by atoms with van der Waals surface area (Å²) < 4.78 is 0. The van der Waals surface area contributed by atoms with E-state index < -0.39 is 0 Å². The van der Waals surface area contributed by atoms with Gasteiger partial charge in [-0.25, -0.2) is 0 Å². The lowest BCUT2D eigenvalue weighted by Gasteiger charge is -2.28. The van der Waals surface area contributed by atoms with Crippen LogP contribution in [0.5, 0.6) is 0 Å². The molecule has 0 aliphatic heterocycles. The first-order valence-electron chi connectivity index (χ1n) is 5.83. The van der Waals surface area contributed by atoms with Crippen LogP contribution in [0.15, 0.2) is 0 Å². The van der Waals surface area contributed by atoms with Crippen molar-refractivity contribution in [3.63, 3.8) is 0 Å². The molecule has 2 unspecified atom stereocenters. The van der Waals surface area contributed by atoms with Gasteiger partial charge in [0.15, 0.2) is 0 Å². The van der Waals surface area contributed by atoms with E-state index in [1.54, 1.807) is 0 Å². The van der Waals surface area contributed by atoms with Crippen LogP contribution in [-0.2, 0) is 0 Å². The maximum absolute atomic E-state index is 9.09. The van der Waals surface area contributed by atoms with E-state index in [-0.39, 0.29) is 0 Å². The van der Waals surface area contributed by atoms with Crippen molar-refractivity contribution in [2.24, 2.45) is 17.8 Å². The first kappa shape index (κ1) is 11.0. The fraction of sp³-hybridized carbons (Fsp3) is 1.00. The Morgan fingerprint density at radius 1 is 1.23 bits per heavy atom. The van der Waals surface area contributed by atoms with Crippen molar-refractivity contribution >= 4 is 0 Å². The SMILES string of the molecule is CC(C)CCC1CCCC(CO)C1. The maximum atomic E-state index is 9.09. The number of hydrogen-bond donors (Lipinski definition) is 1. The molecule has 1 nitrogen and oxygen atoms in total. The number of rotatable bonds is 4. The van der Waals surface area contributed by atoms with Crippen LogP contribution in [0, 0.1) is 17.8 Å². The van der Waals surface area contributed by atoms with Crippen molar-refractivity contribution in [1.82, 2.24) is 0 Å². The van der Waals surface area contributed by atoms with Gasteiger partial charge in [-0.2, -0.15) is 0 Å². The minimum absolute atomic E-state index is 0.415. The molecule has 1 saturated carbocycles. The standard InChI is InChI=1S/C12H24O/c1-10(2)6-7-11-4-3-5-12(8-11)9-13/h10-13H,3-9H2,1-2H3. The molecule has 0 spiro atoms. The van der Waals surface area contributed by atoms with Crippen LogP contribution in [0.2, 0.25) is 0 Å². The fourth-order valence-corrected chi connectivity index (χ4v) is 2.40. The molecular formula is C12H24O. The van der Waals surface area contributed by atoms with Crippen molar-refractivity contribution < 1.29 is 5.11 Å². The van der Waals surface area contributed by atoms with Gasteiger partial charge < -0.3 is 5.11 Å². The molecule has 0 aromatic heterocycles. The summed E-state index contributed by atoms with van der Waals surface area (Å²) in [6.07, 6.45) is 8.03. The van der Waals surface area contributed by atoms with E-state index >= 15 is 0 Å². The second kappa shape index (κ2) is 5.64. The molecule has 1 aliphatic carbocycles. The summed E-state index contributed by atoms with van der Waals surface area (Å²) >= 11 is 0. The summed E-state index contributed by atoms with van der Waals surface area (Å²) in [7, 11) is 0. The van der Waals surface area contributed by atoms with Gasteiger partial charge in [0.1, 0.15) is 0 Å². The summed E-state index contributed by atoms with van der Waals surface area (Å²) in [5, 5.41) is 9.09. The summed E-state index contributed by atoms with van der Waals surface area (Å²) in [4.78, 5) is 0. The van der Waals surface area contributed by atoms with E-state index in [1.807, 2.05) is 0 Å². The first-order chi connectivity index (χ1) is 6.22. The molecule has 0 amide bonds. The Morgan fingerprint density at radius 3 is 2.54 bits per heavy atom. The van der Waals surface area contributed by atoms with E-state index in [9.17, 15) is 0 Å². The number of hydrogen-bond acceptors (Lipinski definition) is 1. The van der Waals surface area contributed by atoms with Crippen molar-refractivity contribution in [3.05, 3.63) is 0 Å². The molecule has 1 N–H and O–H groups in total. The summed E-state index contributed by atoms with van der Waals surface area (Å²) in [5.74, 6) is 2.37. The largest absolute Gasteiger partial charge is 0.396 e. The molecule has 0 aromatic carbocycles. The lowest BCUT2D eigenvalue weighted by molar-refractivity contribution is 0.154. The van der Waals surface area contributed by atoms with Gasteiger partial charge in [0.2, 0.25) is 0 Å². The zero-order valence-corrected chi connectivity index (χ0v) is 9.13. The lowest BCUT2D eigenvalue weighted by Crippen LogP contribution is -2.18. The van der Waals surface area contributed by atoms with Crippen molar-refractivity contribution in [2.45, 2.75) is 52.4 Å². The zero-order chi connectivity index (χ0) is 9.68. The molecule has 0 saturated heterocycles. The van der Waals surface area contributed by atoms with Crippen LogP contribution >= 0.6 is 0 Å². The van der Waals surface area contributed by atoms with E-state index in [0.717, 1.165) is 11.8 Å². The topological polar surface area (TPSA) is 20.2 Å². The van der Waals surface area contributed by atoms with Gasteiger partial charge in [0.05, 0.1) is 0 Å². The molecular weight excluding hydrogens is 160 g/mol. The lowest BCUT2D eigenvalue weighted by atomic mass is 9.79. The monoisotopic (exact) mass is 184 g/mol. The molecule has 2 atom stereocenters. The maximum Gasteiger partial charge on any atom is 0.0459 e. The van der Waals surface area contributed by atoms with Crippen LogP contribution in [0.25, 0.3) is 0 Å². The molecule has 1 rings (SSSR count). The minimum Gasteiger partial charge on any atom is -0.396 e. The van der Waals surface area contributed by atoms with Gasteiger partial charge in [-0.15, -0.1) is 0 Å². The summed E-state index contributed by atoms with van der Waals surface area (Å²) in [6, 6.07) is 0. The highest BCUT2D eigenvalue weighted by molar-refractivity contribution is 4.72. The Bertz CT molecular complexity index is 131. The Hall–Kier alpha value is -0.0400. The molecule has 0 radical (unpaired) electrons. The first-order valence-corrected chi connectivity index (χ1v) is 5.83. The summed E-state index contributed by atoms with van der Waals surface area (Å²) in [5.41, 5.74) is 0. The van der Waals surface area contributed by atoms with Crippen LogP contribution < -0.4 is 0 Å². The third-order valence-corrected chi connectivity index (χ3v) is 3.30. The third kappa shape index (κ3) is 4.12. The average molecular weight is 184 g/mol. The van der Waals surface area contributed by atoms with E-state index in [0.29, 0.717) is 12.5 Å². The third-order valence-electron chi connectivity index (χ3n) is 3.30. The average Bonchev–Trinajstić information content (AvgIpc) is 2.15. The molecule has 0 bridgehead atoms. The molecule has 13 heavy (non-hydrogen) atoms. The van der Waals surface area contributed by atoms with Crippen molar-refractivity contribution in [2.75, 3.05) is 6.61 Å². The fourth-order valence-electron chi connectivity index (χ4n) is 2.40. The highest BCUT2D eigenvalue weighted by Crippen LogP contribution is 2.32. The van der Waals surface area contributed by atoms with Crippen LogP contribution in [-0.4, -0.2) is 11.7 Å². The van der Waals surface area contributed by atoms with E-state index in [1.165, 1.54) is 38.5 Å². The Balaban J connectivity index is 2.18. The molecule has 78 valence electrons. The molecule has 0 aromatic rings. The molecule has 0 heterocycles. The highest BCUT2D eigenvalue weighted by Gasteiger charge is 2.20. The predicted octanol–water partition coefficient (Wildman–Crippen LogP) is 3.22. The van der Waals surface area contributed by atoms with E-state index in [2.05, 4.69) is 13.8 Å². The molecule has 1 aliphatic rings. The minimum atomic E-state index is 0.415. The predicted molar refractivity (Wildman–Crippen MR) is 56.6 cm³/mol. The Labute approximate surface area is 82.5 Å². The van der Waals surface area contributed by atoms with Gasteiger partial charge in [0.25, 0.3) is 0 Å². The second-order valence-corrected chi connectivity index (χ2v) is 5.05. The molecule has 1 fully saturated rings. The van der Waals surface area contributed by atoms with Gasteiger partial charge >= 0.3 is 0 Å². The van der Waals surface area contributed by atoms with Crippen molar-refractivity contribution in [3.8, 4) is 0 Å². The quantitative estimate of drug-likeness (QED) is 0.711. The Kier molecular flexibility index (Phi) is 4.79. The van der Waals surface area contributed by atoms with Gasteiger partial charge in [-0.3, -0.25) is 0 Å². The highest BCUT2D eigenvalue weighted by atomic mass is 16.3. The number of aliphatic hydroxyl groups is 1. The zero-order valence-electron chi connectivity index (χ0n) is 9.13. The second-order valence-electron chi connectivity index (χ2n) is 5.05. The van der Waals surface area contributed by atoms with E-state index in [4.69, 9.17) is 5.11 Å². The number of aliphatic hydroxyl groups excluding tert-OH is 1. The smallest absolute Gasteiger partial charge is 0.0459 e. The van der Waals surface area contributed by atoms with Crippen LogP contribution in [0.4, 0.5) is 0 Å².